The number of nitrogens with one attached hydrogen (secondary N) is 7. The fourth-order valence-corrected chi connectivity index (χ4v) is 8.72. The van der Waals surface area contributed by atoms with Crippen LogP contribution in [0.1, 0.15) is 67.2 Å². The average Bonchev–Trinajstić information content (AvgIpc) is 3.74. The van der Waals surface area contributed by atoms with Crippen molar-refractivity contribution in [3.8, 4) is 17.2 Å². The number of primary amides is 1. The van der Waals surface area contributed by atoms with Gasteiger partial charge in [-0.15, -0.1) is 0 Å². The SMILES string of the molecule is NCCCC[C@@H](CN[C@H](CNCCC(N)=O)Cc1ccc(O)cc1)NC[C@H](Cc1ccc(O)cc1)NC[C@H](CCCCN)NC[C@H](Cc1c[nH]c2ccccc12)NC[C@@H](N)Cc1ccc(O)cc1. The predicted octanol–water partition coefficient (Wildman–Crippen LogP) is 3.40. The largest absolute Gasteiger partial charge is 0.508 e. The molecule has 0 aliphatic carbocycles. The Balaban J connectivity index is 1.27. The smallest absolute Gasteiger partial charge is 0.218 e. The van der Waals surface area contributed by atoms with Crippen LogP contribution in [0.5, 0.6) is 17.2 Å². The zero-order valence-electron chi connectivity index (χ0n) is 40.0. The predicted molar refractivity (Wildman–Crippen MR) is 277 cm³/mol. The first-order chi connectivity index (χ1) is 33.1. The van der Waals surface area contributed by atoms with Crippen LogP contribution in [0.4, 0.5) is 0 Å². The summed E-state index contributed by atoms with van der Waals surface area (Å²) >= 11 is 0. The van der Waals surface area contributed by atoms with Crippen molar-refractivity contribution in [1.29, 1.82) is 0 Å². The van der Waals surface area contributed by atoms with E-state index < -0.39 is 0 Å². The summed E-state index contributed by atoms with van der Waals surface area (Å²) in [6.45, 7) is 6.01. The van der Waals surface area contributed by atoms with Gasteiger partial charge in [-0.2, -0.15) is 0 Å². The molecule has 0 bridgehead atoms. The number of aromatic nitrogens is 1. The molecule has 5 rings (SSSR count). The zero-order valence-corrected chi connectivity index (χ0v) is 40.0. The van der Waals surface area contributed by atoms with E-state index in [1.54, 1.807) is 36.4 Å². The van der Waals surface area contributed by atoms with E-state index in [9.17, 15) is 20.1 Å². The number of rotatable bonds is 36. The monoisotopic (exact) mass is 936 g/mol. The Morgan fingerprint density at radius 2 is 0.971 bits per heavy atom. The van der Waals surface area contributed by atoms with Gasteiger partial charge in [-0.25, -0.2) is 0 Å². The van der Waals surface area contributed by atoms with Gasteiger partial charge in [0.25, 0.3) is 0 Å². The maximum Gasteiger partial charge on any atom is 0.218 e. The minimum atomic E-state index is -0.333. The lowest BCUT2D eigenvalue weighted by molar-refractivity contribution is -0.117. The molecule has 0 radical (unpaired) electrons. The Morgan fingerprint density at radius 3 is 1.49 bits per heavy atom. The van der Waals surface area contributed by atoms with Crippen LogP contribution in [0.25, 0.3) is 10.9 Å². The quantitative estimate of drug-likeness (QED) is 0.0257. The molecule has 6 atom stereocenters. The normalized spacial score (nSPS) is 14.4. The summed E-state index contributed by atoms with van der Waals surface area (Å²) in [5, 5.41) is 53.9. The Kier molecular flexibility index (Phi) is 24.1. The third kappa shape index (κ3) is 20.7. The number of hydrogen-bond donors (Lipinski definition) is 14. The second-order valence-electron chi connectivity index (χ2n) is 18.5. The molecular formula is C53H81N11O4. The highest BCUT2D eigenvalue weighted by molar-refractivity contribution is 5.83. The molecular weight excluding hydrogens is 855 g/mol. The molecule has 1 amide bonds. The maximum absolute atomic E-state index is 11.4. The van der Waals surface area contributed by atoms with E-state index in [0.29, 0.717) is 45.7 Å². The van der Waals surface area contributed by atoms with Crippen molar-refractivity contribution in [2.24, 2.45) is 22.9 Å². The van der Waals surface area contributed by atoms with Crippen LogP contribution in [0, 0.1) is 0 Å². The van der Waals surface area contributed by atoms with Crippen molar-refractivity contribution in [2.75, 3.05) is 58.9 Å². The number of carbonyl (C=O) groups excluding carboxylic acids is 1. The van der Waals surface area contributed by atoms with Gasteiger partial charge in [0.2, 0.25) is 5.91 Å². The van der Waals surface area contributed by atoms with Crippen molar-refractivity contribution in [1.82, 2.24) is 36.9 Å². The Bertz CT molecular complexity index is 2120. The fourth-order valence-electron chi connectivity index (χ4n) is 8.72. The number of aromatic hydroxyl groups is 3. The molecule has 0 aliphatic heterocycles. The van der Waals surface area contributed by atoms with Crippen molar-refractivity contribution in [2.45, 2.75) is 107 Å². The lowest BCUT2D eigenvalue weighted by Crippen LogP contribution is -2.53. The second-order valence-corrected chi connectivity index (χ2v) is 18.5. The van der Waals surface area contributed by atoms with Crippen LogP contribution >= 0.6 is 0 Å². The molecule has 0 unspecified atom stereocenters. The Morgan fingerprint density at radius 1 is 0.529 bits per heavy atom. The van der Waals surface area contributed by atoms with Crippen molar-refractivity contribution in [3.05, 3.63) is 126 Å². The molecule has 18 N–H and O–H groups in total. The van der Waals surface area contributed by atoms with Gasteiger partial charge in [0.05, 0.1) is 0 Å². The summed E-state index contributed by atoms with van der Waals surface area (Å²) in [6, 6.07) is 31.0. The third-order valence-electron chi connectivity index (χ3n) is 12.6. The molecule has 0 saturated carbocycles. The number of phenolic OH excluding ortho intramolecular Hbond substituents is 3. The molecule has 5 aromatic rings. The van der Waals surface area contributed by atoms with Crippen LogP contribution in [-0.4, -0.2) is 121 Å². The number of carbonyl (C=O) groups is 1. The highest BCUT2D eigenvalue weighted by Gasteiger charge is 2.21. The topological polar surface area (TPSA) is 270 Å². The number of unbranched alkanes of at least 4 members (excludes halogenated alkanes) is 2. The number of aromatic amines is 1. The van der Waals surface area contributed by atoms with E-state index in [1.807, 2.05) is 36.4 Å². The van der Waals surface area contributed by atoms with Crippen molar-refractivity contribution in [3.63, 3.8) is 0 Å². The summed E-state index contributed by atoms with van der Waals surface area (Å²) in [5.74, 6) is 0.392. The molecule has 372 valence electrons. The Hall–Kier alpha value is -5.07. The van der Waals surface area contributed by atoms with E-state index in [4.69, 9.17) is 22.9 Å². The number of hydrogen-bond acceptors (Lipinski definition) is 13. The number of para-hydroxylation sites is 1. The highest BCUT2D eigenvalue weighted by atomic mass is 16.3. The van der Waals surface area contributed by atoms with Crippen molar-refractivity contribution >= 4 is 16.8 Å². The van der Waals surface area contributed by atoms with Crippen LogP contribution in [0.3, 0.4) is 0 Å². The molecule has 1 aromatic heterocycles. The van der Waals surface area contributed by atoms with Crippen LogP contribution in [-0.2, 0) is 30.5 Å². The summed E-state index contributed by atoms with van der Waals surface area (Å²) in [5.41, 5.74) is 29.8. The maximum atomic E-state index is 11.4. The molecule has 0 saturated heterocycles. The standard InChI is InChI=1S/C53H81N11O4/c54-24-5-3-7-43(34-62-45(33-58-26-23-53(57)68)28-39-13-19-49(66)20-14-39)60-36-46(29-40-15-21-50(67)22-16-40)63-35-44(8-4-6-25-55)61-37-47(30-41-31-64-52-10-2-1-9-51(41)52)59-32-42(56)27-38-11-17-48(65)18-12-38/h1-2,9-22,31,42-47,58-67H,3-8,23-30,32-37,54-56H2,(H2,57,68)/t42-,43-,44-,45-,46-,47-/m0/s1. The molecule has 0 fully saturated rings. The molecule has 1 heterocycles. The molecule has 0 spiro atoms. The van der Waals surface area contributed by atoms with Gasteiger partial charge in [-0.3, -0.25) is 4.79 Å². The molecule has 15 nitrogen and oxygen atoms in total. The van der Waals surface area contributed by atoms with Crippen molar-refractivity contribution < 1.29 is 20.1 Å². The van der Waals surface area contributed by atoms with E-state index >= 15 is 0 Å². The summed E-state index contributed by atoms with van der Waals surface area (Å²) in [6.07, 6.45) is 11.2. The van der Waals surface area contributed by atoms with Crippen LogP contribution < -0.4 is 54.8 Å². The number of benzene rings is 4. The van der Waals surface area contributed by atoms with Gasteiger partial charge < -0.3 is 75.1 Å². The minimum Gasteiger partial charge on any atom is -0.508 e. The summed E-state index contributed by atoms with van der Waals surface area (Å²) in [4.78, 5) is 14.9. The summed E-state index contributed by atoms with van der Waals surface area (Å²) in [7, 11) is 0. The van der Waals surface area contributed by atoms with Gasteiger partial charge in [0.1, 0.15) is 17.2 Å². The third-order valence-corrected chi connectivity index (χ3v) is 12.6. The number of nitrogens with two attached hydrogens (primary N) is 4. The average molecular weight is 936 g/mol. The lowest BCUT2D eigenvalue weighted by atomic mass is 10.0. The van der Waals surface area contributed by atoms with Gasteiger partial charge >= 0.3 is 0 Å². The molecule has 15 heteroatoms. The molecule has 68 heavy (non-hydrogen) atoms. The van der Waals surface area contributed by atoms with Crippen LogP contribution in [0.2, 0.25) is 0 Å². The molecule has 0 aliphatic rings. The second kappa shape index (κ2) is 30.4. The number of fused-ring (bicyclic) bond motifs is 1. The van der Waals surface area contributed by atoms with Crippen LogP contribution in [0.15, 0.2) is 103 Å². The first kappa shape index (κ1) is 53.9. The van der Waals surface area contributed by atoms with E-state index in [1.165, 1.54) is 10.9 Å². The first-order valence-corrected chi connectivity index (χ1v) is 24.8. The summed E-state index contributed by atoms with van der Waals surface area (Å²) < 4.78 is 0. The van der Waals surface area contributed by atoms with Gasteiger partial charge in [-0.1, -0.05) is 67.4 Å². The zero-order chi connectivity index (χ0) is 48.4. The van der Waals surface area contributed by atoms with Gasteiger partial charge in [-0.05, 0) is 129 Å². The van der Waals surface area contributed by atoms with E-state index in [2.05, 4.69) is 67.3 Å². The molecule has 4 aromatic carbocycles. The number of H-pyrrole nitrogens is 1. The fraction of sp³-hybridized carbons (Fsp3) is 0.491. The number of amides is 1. The Labute approximate surface area is 404 Å². The van der Waals surface area contributed by atoms with E-state index in [-0.39, 0.29) is 65.8 Å². The number of phenols is 3. The lowest BCUT2D eigenvalue weighted by Gasteiger charge is -2.29. The highest BCUT2D eigenvalue weighted by Crippen LogP contribution is 2.20. The first-order valence-electron chi connectivity index (χ1n) is 24.8. The minimum absolute atomic E-state index is 0.0711. The van der Waals surface area contributed by atoms with Gasteiger partial charge in [0.15, 0.2) is 0 Å². The van der Waals surface area contributed by atoms with E-state index in [0.717, 1.165) is 99.6 Å². The van der Waals surface area contributed by atoms with Gasteiger partial charge in [0, 0.05) is 106 Å².